The van der Waals surface area contributed by atoms with Gasteiger partial charge in [-0.2, -0.15) is 0 Å². The molecule has 0 radical (unpaired) electrons. The van der Waals surface area contributed by atoms with E-state index in [0.29, 0.717) is 0 Å². The SMILES string of the molecule is C#COC(=O)C=Cc1ccc(C=Cc2ccc(C=CC(C)=O)cc2)cc1. The number of hydrogen-bond donors (Lipinski definition) is 0. The predicted molar refractivity (Wildman–Crippen MR) is 105 cm³/mol. The normalized spacial score (nSPS) is 11.1. The molecule has 0 amide bonds. The quantitative estimate of drug-likeness (QED) is 0.333. The number of allylic oxidation sites excluding steroid dienone is 1. The maximum atomic E-state index is 11.2. The van der Waals surface area contributed by atoms with Crippen LogP contribution in [0.1, 0.15) is 29.2 Å². The lowest BCUT2D eigenvalue weighted by Gasteiger charge is -1.98. The van der Waals surface area contributed by atoms with Crippen molar-refractivity contribution in [2.24, 2.45) is 0 Å². The van der Waals surface area contributed by atoms with E-state index in [2.05, 4.69) is 4.74 Å². The van der Waals surface area contributed by atoms with E-state index in [0.717, 1.165) is 22.3 Å². The van der Waals surface area contributed by atoms with Crippen molar-refractivity contribution in [3.63, 3.8) is 0 Å². The van der Waals surface area contributed by atoms with Gasteiger partial charge in [0, 0.05) is 6.08 Å². The van der Waals surface area contributed by atoms with Crippen molar-refractivity contribution in [1.29, 1.82) is 0 Å². The smallest absolute Gasteiger partial charge is 0.344 e. The van der Waals surface area contributed by atoms with Gasteiger partial charge in [0.25, 0.3) is 0 Å². The second-order valence-electron chi connectivity index (χ2n) is 5.48. The van der Waals surface area contributed by atoms with Crippen molar-refractivity contribution in [3.05, 3.63) is 82.9 Å². The standard InChI is InChI=1S/C23H18O3/c1-3-26-23(25)17-16-22-14-12-21(13-15-22)11-10-20-8-6-19(7-9-20)5-4-18(2)24/h1,4-17H,2H3. The first-order valence-corrected chi connectivity index (χ1v) is 7.98. The van der Waals surface area contributed by atoms with Gasteiger partial charge < -0.3 is 4.74 Å². The Hall–Kier alpha value is -3.64. The second kappa shape index (κ2) is 9.61. The molecule has 0 aromatic heterocycles. The van der Waals surface area contributed by atoms with Crippen LogP contribution < -0.4 is 0 Å². The van der Waals surface area contributed by atoms with Gasteiger partial charge in [-0.1, -0.05) is 73.2 Å². The van der Waals surface area contributed by atoms with Crippen molar-refractivity contribution in [1.82, 2.24) is 0 Å². The zero-order valence-electron chi connectivity index (χ0n) is 14.4. The molecule has 0 spiro atoms. The van der Waals surface area contributed by atoms with Crippen LogP contribution in [0.3, 0.4) is 0 Å². The van der Waals surface area contributed by atoms with Gasteiger partial charge in [0.1, 0.15) is 6.11 Å². The van der Waals surface area contributed by atoms with Crippen molar-refractivity contribution in [2.45, 2.75) is 6.92 Å². The zero-order valence-corrected chi connectivity index (χ0v) is 14.4. The molecule has 0 bridgehead atoms. The number of terminal acetylenes is 1. The summed E-state index contributed by atoms with van der Waals surface area (Å²) < 4.78 is 4.38. The average Bonchev–Trinajstić information content (AvgIpc) is 2.65. The van der Waals surface area contributed by atoms with E-state index in [1.807, 2.05) is 66.8 Å². The van der Waals surface area contributed by atoms with E-state index >= 15 is 0 Å². The number of esters is 1. The Morgan fingerprint density at radius 2 is 1.15 bits per heavy atom. The lowest BCUT2D eigenvalue weighted by atomic mass is 10.1. The Bertz CT molecular complexity index is 890. The summed E-state index contributed by atoms with van der Waals surface area (Å²) in [6, 6.07) is 15.6. The maximum absolute atomic E-state index is 11.2. The van der Waals surface area contributed by atoms with Crippen LogP contribution in [0.5, 0.6) is 0 Å². The van der Waals surface area contributed by atoms with E-state index < -0.39 is 5.97 Å². The van der Waals surface area contributed by atoms with Gasteiger partial charge in [-0.05, 0) is 41.3 Å². The highest BCUT2D eigenvalue weighted by molar-refractivity contribution is 5.91. The largest absolute Gasteiger partial charge is 0.369 e. The molecule has 0 saturated carbocycles. The van der Waals surface area contributed by atoms with Gasteiger partial charge in [0.2, 0.25) is 0 Å². The molecular formula is C23H18O3. The van der Waals surface area contributed by atoms with Gasteiger partial charge >= 0.3 is 5.97 Å². The highest BCUT2D eigenvalue weighted by Gasteiger charge is 1.94. The van der Waals surface area contributed by atoms with Gasteiger partial charge in [-0.15, -0.1) is 0 Å². The third-order valence-corrected chi connectivity index (χ3v) is 3.42. The lowest BCUT2D eigenvalue weighted by Crippen LogP contribution is -1.92. The first kappa shape index (κ1) is 18.7. The molecule has 2 aromatic rings. The van der Waals surface area contributed by atoms with Crippen LogP contribution in [0.2, 0.25) is 0 Å². The van der Waals surface area contributed by atoms with Crippen LogP contribution in [0, 0.1) is 12.5 Å². The molecule has 3 nitrogen and oxygen atoms in total. The van der Waals surface area contributed by atoms with Gasteiger partial charge in [0.15, 0.2) is 5.78 Å². The first-order valence-electron chi connectivity index (χ1n) is 7.98. The van der Waals surface area contributed by atoms with E-state index in [4.69, 9.17) is 6.42 Å². The molecule has 0 aliphatic carbocycles. The van der Waals surface area contributed by atoms with E-state index in [1.54, 1.807) is 18.2 Å². The summed E-state index contributed by atoms with van der Waals surface area (Å²) in [7, 11) is 0. The van der Waals surface area contributed by atoms with Crippen LogP contribution in [-0.2, 0) is 14.3 Å². The Morgan fingerprint density at radius 3 is 1.54 bits per heavy atom. The summed E-state index contributed by atoms with van der Waals surface area (Å²) >= 11 is 0. The fraction of sp³-hybridized carbons (Fsp3) is 0.0435. The zero-order chi connectivity index (χ0) is 18.8. The van der Waals surface area contributed by atoms with Crippen molar-refractivity contribution >= 4 is 36.1 Å². The molecule has 0 atom stereocenters. The van der Waals surface area contributed by atoms with Crippen molar-refractivity contribution < 1.29 is 14.3 Å². The third kappa shape index (κ3) is 6.46. The molecule has 3 heteroatoms. The molecule has 26 heavy (non-hydrogen) atoms. The molecule has 2 aromatic carbocycles. The minimum atomic E-state index is -0.571. The van der Waals surface area contributed by atoms with Gasteiger partial charge in [-0.25, -0.2) is 4.79 Å². The number of rotatable bonds is 6. The summed E-state index contributed by atoms with van der Waals surface area (Å²) in [5, 5.41) is 0. The Labute approximate surface area is 153 Å². The van der Waals surface area contributed by atoms with E-state index in [1.165, 1.54) is 13.0 Å². The predicted octanol–water partition coefficient (Wildman–Crippen LogP) is 4.61. The number of benzene rings is 2. The number of ether oxygens (including phenoxy) is 1. The average molecular weight is 342 g/mol. The highest BCUT2D eigenvalue weighted by atomic mass is 16.5. The summed E-state index contributed by atoms with van der Waals surface area (Å²) in [6.45, 7) is 1.53. The van der Waals surface area contributed by atoms with Gasteiger partial charge in [0.05, 0.1) is 0 Å². The fourth-order valence-electron chi connectivity index (χ4n) is 2.10. The topological polar surface area (TPSA) is 43.4 Å². The molecule has 0 aliphatic rings. The third-order valence-electron chi connectivity index (χ3n) is 3.42. The fourth-order valence-corrected chi connectivity index (χ4v) is 2.10. The molecule has 2 rings (SSSR count). The number of ketones is 1. The number of hydrogen-bond acceptors (Lipinski definition) is 3. The minimum Gasteiger partial charge on any atom is -0.369 e. The molecule has 0 aliphatic heterocycles. The first-order chi connectivity index (χ1) is 12.6. The Kier molecular flexibility index (Phi) is 6.91. The van der Waals surface area contributed by atoms with Crippen LogP contribution in [0.15, 0.2) is 60.7 Å². The molecule has 128 valence electrons. The number of carbonyl (C=O) groups is 2. The van der Waals surface area contributed by atoms with Crippen LogP contribution in [0.4, 0.5) is 0 Å². The molecule has 0 fully saturated rings. The summed E-state index contributed by atoms with van der Waals surface area (Å²) in [5.41, 5.74) is 3.95. The van der Waals surface area contributed by atoms with Gasteiger partial charge in [-0.3, -0.25) is 4.79 Å². The number of carbonyl (C=O) groups excluding carboxylic acids is 2. The second-order valence-corrected chi connectivity index (χ2v) is 5.48. The molecule has 0 heterocycles. The van der Waals surface area contributed by atoms with Crippen LogP contribution in [-0.4, -0.2) is 11.8 Å². The van der Waals surface area contributed by atoms with Crippen LogP contribution >= 0.6 is 0 Å². The maximum Gasteiger partial charge on any atom is 0.344 e. The molecule has 0 unspecified atom stereocenters. The summed E-state index contributed by atoms with van der Waals surface area (Å²) in [4.78, 5) is 22.1. The molecular weight excluding hydrogens is 324 g/mol. The molecule has 0 saturated heterocycles. The van der Waals surface area contributed by atoms with E-state index in [-0.39, 0.29) is 5.78 Å². The summed E-state index contributed by atoms with van der Waals surface area (Å²) in [5.74, 6) is -0.543. The molecule has 0 N–H and O–H groups in total. The van der Waals surface area contributed by atoms with E-state index in [9.17, 15) is 9.59 Å². The van der Waals surface area contributed by atoms with Crippen molar-refractivity contribution in [3.8, 4) is 12.5 Å². The lowest BCUT2D eigenvalue weighted by molar-refractivity contribution is -0.131. The van der Waals surface area contributed by atoms with Crippen LogP contribution in [0.25, 0.3) is 24.3 Å². The van der Waals surface area contributed by atoms with Crippen molar-refractivity contribution in [2.75, 3.05) is 0 Å². The monoisotopic (exact) mass is 342 g/mol. The highest BCUT2D eigenvalue weighted by Crippen LogP contribution is 2.12. The Balaban J connectivity index is 1.99. The Morgan fingerprint density at radius 1 is 0.769 bits per heavy atom. The summed E-state index contributed by atoms with van der Waals surface area (Å²) in [6.07, 6.45) is 17.0. The minimum absolute atomic E-state index is 0.0280.